The van der Waals surface area contributed by atoms with Crippen LogP contribution in [-0.4, -0.2) is 12.7 Å². The fourth-order valence-electron chi connectivity index (χ4n) is 0.658. The zero-order valence-corrected chi connectivity index (χ0v) is 6.88. The number of hydrogen-bond donors (Lipinski definition) is 1. The van der Waals surface area contributed by atoms with Crippen molar-refractivity contribution in [1.29, 1.82) is 0 Å². The molecule has 0 spiro atoms. The van der Waals surface area contributed by atoms with Gasteiger partial charge in [-0.3, -0.25) is 0 Å². The monoisotopic (exact) mass is 157 g/mol. The molecule has 3 nitrogen and oxygen atoms in total. The lowest BCUT2D eigenvalue weighted by Crippen LogP contribution is -2.13. The maximum absolute atomic E-state index is 10.1. The first-order chi connectivity index (χ1) is 5.27. The van der Waals surface area contributed by atoms with Gasteiger partial charge in [0, 0.05) is 0 Å². The van der Waals surface area contributed by atoms with Gasteiger partial charge in [-0.2, -0.15) is 0 Å². The van der Waals surface area contributed by atoms with Crippen molar-refractivity contribution in [2.75, 3.05) is 6.61 Å². The number of allylic oxidation sites excluding steroid dienone is 2. The van der Waals surface area contributed by atoms with Crippen molar-refractivity contribution < 1.29 is 9.53 Å². The van der Waals surface area contributed by atoms with Crippen LogP contribution in [0, 0.1) is 0 Å². The number of amides is 1. The molecule has 0 aliphatic rings. The molecule has 0 unspecified atom stereocenters. The van der Waals surface area contributed by atoms with Crippen LogP contribution in [0.15, 0.2) is 12.2 Å². The van der Waals surface area contributed by atoms with Crippen LogP contribution in [0.4, 0.5) is 4.79 Å². The number of nitrogens with two attached hydrogens (primary N) is 1. The molecule has 2 N–H and O–H groups in total. The Morgan fingerprint density at radius 3 is 2.82 bits per heavy atom. The molecule has 0 atom stereocenters. The second-order valence-electron chi connectivity index (χ2n) is 2.19. The van der Waals surface area contributed by atoms with Crippen LogP contribution in [0.1, 0.15) is 26.2 Å². The van der Waals surface area contributed by atoms with E-state index in [1.807, 2.05) is 0 Å². The summed E-state index contributed by atoms with van der Waals surface area (Å²) in [6.45, 7) is 2.50. The first-order valence-electron chi connectivity index (χ1n) is 3.84. The molecule has 0 heterocycles. The molecule has 0 aromatic heterocycles. The molecular weight excluding hydrogens is 142 g/mol. The van der Waals surface area contributed by atoms with Gasteiger partial charge in [-0.1, -0.05) is 19.1 Å². The van der Waals surface area contributed by atoms with E-state index in [1.54, 1.807) is 0 Å². The first-order valence-corrected chi connectivity index (χ1v) is 3.84. The molecule has 0 aromatic carbocycles. The highest BCUT2D eigenvalue weighted by atomic mass is 16.5. The van der Waals surface area contributed by atoms with Gasteiger partial charge in [0.25, 0.3) is 0 Å². The Bertz CT molecular complexity index is 132. The predicted molar refractivity (Wildman–Crippen MR) is 44.2 cm³/mol. The molecule has 64 valence electrons. The van der Waals surface area contributed by atoms with Gasteiger partial charge in [0.1, 0.15) is 0 Å². The average molecular weight is 157 g/mol. The molecule has 3 heteroatoms. The van der Waals surface area contributed by atoms with E-state index < -0.39 is 6.09 Å². The van der Waals surface area contributed by atoms with Crippen LogP contribution in [0.2, 0.25) is 0 Å². The van der Waals surface area contributed by atoms with Crippen LogP contribution in [0.25, 0.3) is 0 Å². The van der Waals surface area contributed by atoms with Crippen molar-refractivity contribution in [3.05, 3.63) is 12.2 Å². The quantitative estimate of drug-likeness (QED) is 0.489. The SMILES string of the molecule is CC/C=C\CCCOC(N)=O. The minimum absolute atomic E-state index is 0.420. The number of carbonyl (C=O) groups excluding carboxylic acids is 1. The van der Waals surface area contributed by atoms with Gasteiger partial charge in [0.05, 0.1) is 6.61 Å². The summed E-state index contributed by atoms with van der Waals surface area (Å²) in [4.78, 5) is 10.1. The topological polar surface area (TPSA) is 52.3 Å². The minimum Gasteiger partial charge on any atom is -0.450 e. The Balaban J connectivity index is 3.02. The van der Waals surface area contributed by atoms with E-state index in [0.29, 0.717) is 6.61 Å². The molecule has 0 radical (unpaired) electrons. The van der Waals surface area contributed by atoms with E-state index in [2.05, 4.69) is 23.8 Å². The lowest BCUT2D eigenvalue weighted by molar-refractivity contribution is 0.155. The summed E-state index contributed by atoms with van der Waals surface area (Å²) in [5.74, 6) is 0. The molecule has 0 rings (SSSR count). The number of hydrogen-bond acceptors (Lipinski definition) is 2. The van der Waals surface area contributed by atoms with Crippen molar-refractivity contribution >= 4 is 6.09 Å². The Kier molecular flexibility index (Phi) is 6.48. The van der Waals surface area contributed by atoms with Crippen LogP contribution in [-0.2, 0) is 4.74 Å². The van der Waals surface area contributed by atoms with Crippen molar-refractivity contribution in [2.24, 2.45) is 5.73 Å². The maximum Gasteiger partial charge on any atom is 0.404 e. The normalized spacial score (nSPS) is 10.3. The van der Waals surface area contributed by atoms with E-state index in [1.165, 1.54) is 0 Å². The van der Waals surface area contributed by atoms with Crippen LogP contribution in [0.5, 0.6) is 0 Å². The largest absolute Gasteiger partial charge is 0.450 e. The van der Waals surface area contributed by atoms with E-state index in [-0.39, 0.29) is 0 Å². The Labute approximate surface area is 67.2 Å². The third kappa shape index (κ3) is 9.01. The second kappa shape index (κ2) is 7.12. The molecule has 0 aliphatic heterocycles. The summed E-state index contributed by atoms with van der Waals surface area (Å²) in [5.41, 5.74) is 4.75. The molecule has 0 fully saturated rings. The number of carbonyl (C=O) groups is 1. The highest BCUT2D eigenvalue weighted by molar-refractivity contribution is 5.64. The summed E-state index contributed by atoms with van der Waals surface area (Å²) in [6, 6.07) is 0. The molecule has 0 aliphatic carbocycles. The van der Waals surface area contributed by atoms with Crippen LogP contribution < -0.4 is 5.73 Å². The standard InChI is InChI=1S/C8H15NO2/c1-2-3-4-5-6-7-11-8(9)10/h3-4H,2,5-7H2,1H3,(H2,9,10)/b4-3-. The molecule has 0 aromatic rings. The number of rotatable bonds is 5. The predicted octanol–water partition coefficient (Wildman–Crippen LogP) is 1.83. The second-order valence-corrected chi connectivity index (χ2v) is 2.19. The smallest absolute Gasteiger partial charge is 0.404 e. The lowest BCUT2D eigenvalue weighted by Gasteiger charge is -1.97. The third-order valence-electron chi connectivity index (χ3n) is 1.16. The molecule has 11 heavy (non-hydrogen) atoms. The Hall–Kier alpha value is -0.990. The third-order valence-corrected chi connectivity index (χ3v) is 1.16. The van der Waals surface area contributed by atoms with Gasteiger partial charge in [-0.05, 0) is 19.3 Å². The molecule has 0 saturated heterocycles. The van der Waals surface area contributed by atoms with Gasteiger partial charge in [-0.25, -0.2) is 4.79 Å². The molecule has 0 bridgehead atoms. The van der Waals surface area contributed by atoms with Crippen LogP contribution in [0.3, 0.4) is 0 Å². The van der Waals surface area contributed by atoms with Crippen molar-refractivity contribution in [3.63, 3.8) is 0 Å². The van der Waals surface area contributed by atoms with Crippen LogP contribution >= 0.6 is 0 Å². The highest BCUT2D eigenvalue weighted by Crippen LogP contribution is 1.92. The van der Waals surface area contributed by atoms with Gasteiger partial charge in [0.2, 0.25) is 0 Å². The number of ether oxygens (including phenoxy) is 1. The van der Waals surface area contributed by atoms with Gasteiger partial charge >= 0.3 is 6.09 Å². The highest BCUT2D eigenvalue weighted by Gasteiger charge is 1.90. The molecular formula is C8H15NO2. The zero-order valence-electron chi connectivity index (χ0n) is 6.88. The van der Waals surface area contributed by atoms with Gasteiger partial charge in [-0.15, -0.1) is 0 Å². The number of unbranched alkanes of at least 4 members (excludes halogenated alkanes) is 1. The summed E-state index contributed by atoms with van der Waals surface area (Å²) >= 11 is 0. The van der Waals surface area contributed by atoms with E-state index >= 15 is 0 Å². The van der Waals surface area contributed by atoms with Crippen molar-refractivity contribution in [3.8, 4) is 0 Å². The van der Waals surface area contributed by atoms with E-state index in [4.69, 9.17) is 5.73 Å². The first kappa shape index (κ1) is 10.0. The Morgan fingerprint density at radius 1 is 1.55 bits per heavy atom. The van der Waals surface area contributed by atoms with E-state index in [0.717, 1.165) is 19.3 Å². The summed E-state index contributed by atoms with van der Waals surface area (Å²) in [5, 5.41) is 0. The van der Waals surface area contributed by atoms with Gasteiger partial charge < -0.3 is 10.5 Å². The number of primary amides is 1. The Morgan fingerprint density at radius 2 is 2.27 bits per heavy atom. The fraction of sp³-hybridized carbons (Fsp3) is 0.625. The van der Waals surface area contributed by atoms with Gasteiger partial charge in [0.15, 0.2) is 0 Å². The van der Waals surface area contributed by atoms with Crippen molar-refractivity contribution in [1.82, 2.24) is 0 Å². The lowest BCUT2D eigenvalue weighted by atomic mass is 10.3. The van der Waals surface area contributed by atoms with E-state index in [9.17, 15) is 4.79 Å². The summed E-state index contributed by atoms with van der Waals surface area (Å²) in [6.07, 6.45) is 6.32. The fourth-order valence-corrected chi connectivity index (χ4v) is 0.658. The molecule has 0 saturated carbocycles. The summed E-state index contributed by atoms with van der Waals surface area (Å²) in [7, 11) is 0. The average Bonchev–Trinajstić information content (AvgIpc) is 1.96. The molecule has 1 amide bonds. The van der Waals surface area contributed by atoms with Crippen molar-refractivity contribution in [2.45, 2.75) is 26.2 Å². The summed E-state index contributed by atoms with van der Waals surface area (Å²) < 4.78 is 4.53. The minimum atomic E-state index is -0.690. The zero-order chi connectivity index (χ0) is 8.53. The maximum atomic E-state index is 10.1.